The quantitative estimate of drug-likeness (QED) is 0.925. The molecule has 1 aliphatic rings. The fourth-order valence-corrected chi connectivity index (χ4v) is 2.99. The van der Waals surface area contributed by atoms with Crippen LogP contribution < -0.4 is 15.0 Å². The van der Waals surface area contributed by atoms with Crippen LogP contribution in [0.25, 0.3) is 0 Å². The zero-order valence-electron chi connectivity index (χ0n) is 13.2. The number of rotatable bonds is 4. The number of carbonyl (C=O) groups is 2. The fraction of sp³-hybridized carbons (Fsp3) is 0.222. The molecule has 2 aromatic carbocycles. The molecule has 6 heteroatoms. The minimum Gasteiger partial charge on any atom is -0.495 e. The summed E-state index contributed by atoms with van der Waals surface area (Å²) < 4.78 is 5.09. The first-order valence-electron chi connectivity index (χ1n) is 7.58. The molecule has 5 nitrogen and oxygen atoms in total. The van der Waals surface area contributed by atoms with E-state index in [-0.39, 0.29) is 18.2 Å². The van der Waals surface area contributed by atoms with Gasteiger partial charge in [0.25, 0.3) is 0 Å². The largest absolute Gasteiger partial charge is 0.495 e. The van der Waals surface area contributed by atoms with Crippen LogP contribution in [0.15, 0.2) is 48.5 Å². The molecule has 0 aromatic heterocycles. The highest BCUT2D eigenvalue weighted by Gasteiger charge is 2.35. The van der Waals surface area contributed by atoms with Gasteiger partial charge in [-0.2, -0.15) is 0 Å². The number of hydrogen-bond donors (Lipinski definition) is 1. The molecule has 0 radical (unpaired) electrons. The molecule has 0 unspecified atom stereocenters. The van der Waals surface area contributed by atoms with Crippen molar-refractivity contribution in [2.75, 3.05) is 23.9 Å². The van der Waals surface area contributed by atoms with Gasteiger partial charge in [0.1, 0.15) is 5.75 Å². The number of nitrogens with one attached hydrogen (secondary N) is 1. The summed E-state index contributed by atoms with van der Waals surface area (Å²) in [6.45, 7) is 0.374. The average molecular weight is 345 g/mol. The number of carbonyl (C=O) groups excluding carboxylic acids is 2. The number of ether oxygens (including phenoxy) is 1. The minimum atomic E-state index is -0.390. The van der Waals surface area contributed by atoms with Gasteiger partial charge >= 0.3 is 0 Å². The van der Waals surface area contributed by atoms with E-state index in [2.05, 4.69) is 5.32 Å². The Kier molecular flexibility index (Phi) is 4.71. The molecule has 1 saturated heterocycles. The molecular formula is C18H17ClN2O3. The highest BCUT2D eigenvalue weighted by atomic mass is 35.5. The van der Waals surface area contributed by atoms with Crippen LogP contribution in [0.3, 0.4) is 0 Å². The van der Waals surface area contributed by atoms with Crippen LogP contribution in [0.4, 0.5) is 11.4 Å². The van der Waals surface area contributed by atoms with Gasteiger partial charge in [-0.15, -0.1) is 0 Å². The van der Waals surface area contributed by atoms with E-state index in [1.54, 1.807) is 23.1 Å². The molecule has 0 aliphatic carbocycles. The molecule has 2 amide bonds. The lowest BCUT2D eigenvalue weighted by atomic mass is 10.1. The molecule has 1 N–H and O–H groups in total. The lowest BCUT2D eigenvalue weighted by Gasteiger charge is -2.16. The number of nitrogens with zero attached hydrogens (tertiary/aromatic N) is 1. The van der Waals surface area contributed by atoms with Crippen LogP contribution in [0.1, 0.15) is 6.42 Å². The molecule has 1 aliphatic heterocycles. The topological polar surface area (TPSA) is 58.6 Å². The van der Waals surface area contributed by atoms with Crippen LogP contribution in [0.5, 0.6) is 5.75 Å². The Balaban J connectivity index is 1.68. The van der Waals surface area contributed by atoms with Crippen LogP contribution in [-0.2, 0) is 9.59 Å². The molecule has 124 valence electrons. The molecule has 1 atom stereocenters. The Morgan fingerprint density at radius 3 is 2.67 bits per heavy atom. The van der Waals surface area contributed by atoms with E-state index < -0.39 is 5.92 Å². The summed E-state index contributed by atoms with van der Waals surface area (Å²) in [6.07, 6.45) is 0.199. The standard InChI is InChI=1S/C18H17ClN2O3/c1-24-16-8-7-13(10-15(16)19)20-18(23)12-9-17(22)21(11-12)14-5-3-2-4-6-14/h2-8,10,12H,9,11H2,1H3,(H,20,23)/t12-/m0/s1. The molecule has 1 heterocycles. The summed E-state index contributed by atoms with van der Waals surface area (Å²) in [5.41, 5.74) is 1.39. The van der Waals surface area contributed by atoms with E-state index in [1.807, 2.05) is 30.3 Å². The number of amides is 2. The second-order valence-corrected chi connectivity index (χ2v) is 5.99. The maximum atomic E-state index is 12.4. The van der Waals surface area contributed by atoms with Gasteiger partial charge in [0.2, 0.25) is 11.8 Å². The first-order chi connectivity index (χ1) is 11.6. The number of anilines is 2. The van der Waals surface area contributed by atoms with Gasteiger partial charge in [0.05, 0.1) is 18.1 Å². The van der Waals surface area contributed by atoms with Crippen LogP contribution in [-0.4, -0.2) is 25.5 Å². The van der Waals surface area contributed by atoms with Crippen LogP contribution in [0.2, 0.25) is 5.02 Å². The highest BCUT2D eigenvalue weighted by molar-refractivity contribution is 6.32. The second-order valence-electron chi connectivity index (χ2n) is 5.58. The smallest absolute Gasteiger partial charge is 0.229 e. The fourth-order valence-electron chi connectivity index (χ4n) is 2.73. The summed E-state index contributed by atoms with van der Waals surface area (Å²) in [4.78, 5) is 26.3. The predicted molar refractivity (Wildman–Crippen MR) is 93.5 cm³/mol. The molecule has 1 fully saturated rings. The minimum absolute atomic E-state index is 0.0471. The van der Waals surface area contributed by atoms with Crippen molar-refractivity contribution >= 4 is 34.8 Å². The lowest BCUT2D eigenvalue weighted by molar-refractivity contribution is -0.122. The Morgan fingerprint density at radius 1 is 1.25 bits per heavy atom. The van der Waals surface area contributed by atoms with Gasteiger partial charge in [0, 0.05) is 24.3 Å². The van der Waals surface area contributed by atoms with Crippen LogP contribution >= 0.6 is 11.6 Å². The van der Waals surface area contributed by atoms with Crippen molar-refractivity contribution in [1.82, 2.24) is 0 Å². The zero-order valence-corrected chi connectivity index (χ0v) is 13.9. The summed E-state index contributed by atoms with van der Waals surface area (Å²) in [7, 11) is 1.53. The van der Waals surface area contributed by atoms with Crippen molar-refractivity contribution in [1.29, 1.82) is 0 Å². The monoisotopic (exact) mass is 344 g/mol. The summed E-state index contributed by atoms with van der Waals surface area (Å²) in [5.74, 6) is -0.0864. The number of para-hydroxylation sites is 1. The third kappa shape index (κ3) is 3.36. The molecule has 3 rings (SSSR count). The number of halogens is 1. The van der Waals surface area contributed by atoms with Crippen molar-refractivity contribution in [3.8, 4) is 5.75 Å². The summed E-state index contributed by atoms with van der Waals surface area (Å²) >= 11 is 6.06. The van der Waals surface area contributed by atoms with Crippen molar-refractivity contribution < 1.29 is 14.3 Å². The van der Waals surface area contributed by atoms with Crippen molar-refractivity contribution in [3.63, 3.8) is 0 Å². The number of benzene rings is 2. The number of hydrogen-bond acceptors (Lipinski definition) is 3. The van der Waals surface area contributed by atoms with Gasteiger partial charge < -0.3 is 15.0 Å². The third-order valence-electron chi connectivity index (χ3n) is 3.98. The summed E-state index contributed by atoms with van der Waals surface area (Å²) in [6, 6.07) is 14.4. The van der Waals surface area contributed by atoms with Crippen LogP contribution in [0, 0.1) is 5.92 Å². The second kappa shape index (κ2) is 6.93. The predicted octanol–water partition coefficient (Wildman–Crippen LogP) is 3.34. The lowest BCUT2D eigenvalue weighted by Crippen LogP contribution is -2.28. The molecular weight excluding hydrogens is 328 g/mol. The van der Waals surface area contributed by atoms with E-state index in [9.17, 15) is 9.59 Å². The van der Waals surface area contributed by atoms with E-state index in [0.717, 1.165) is 5.69 Å². The highest BCUT2D eigenvalue weighted by Crippen LogP contribution is 2.29. The average Bonchev–Trinajstić information content (AvgIpc) is 2.98. The van der Waals surface area contributed by atoms with Crippen molar-refractivity contribution in [2.24, 2.45) is 5.92 Å². The summed E-state index contributed by atoms with van der Waals surface area (Å²) in [5, 5.41) is 3.23. The van der Waals surface area contributed by atoms with E-state index in [4.69, 9.17) is 16.3 Å². The van der Waals surface area contributed by atoms with Gasteiger partial charge in [-0.05, 0) is 30.3 Å². The number of methoxy groups -OCH3 is 1. The van der Waals surface area contributed by atoms with Gasteiger partial charge in [-0.25, -0.2) is 0 Å². The first kappa shape index (κ1) is 16.3. The Hall–Kier alpha value is -2.53. The van der Waals surface area contributed by atoms with Crippen molar-refractivity contribution in [2.45, 2.75) is 6.42 Å². The van der Waals surface area contributed by atoms with E-state index >= 15 is 0 Å². The van der Waals surface area contributed by atoms with E-state index in [1.165, 1.54) is 7.11 Å². The van der Waals surface area contributed by atoms with Crippen molar-refractivity contribution in [3.05, 3.63) is 53.6 Å². The third-order valence-corrected chi connectivity index (χ3v) is 4.28. The Bertz CT molecular complexity index is 764. The Labute approximate surface area is 145 Å². The first-order valence-corrected chi connectivity index (χ1v) is 7.96. The Morgan fingerprint density at radius 2 is 2.00 bits per heavy atom. The molecule has 2 aromatic rings. The molecule has 0 saturated carbocycles. The molecule has 0 spiro atoms. The zero-order chi connectivity index (χ0) is 17.1. The van der Waals surface area contributed by atoms with Gasteiger partial charge in [0.15, 0.2) is 0 Å². The SMILES string of the molecule is COc1ccc(NC(=O)[C@H]2CC(=O)N(c3ccccc3)C2)cc1Cl. The normalized spacial score (nSPS) is 17.0. The van der Waals surface area contributed by atoms with Gasteiger partial charge in [-0.1, -0.05) is 29.8 Å². The van der Waals surface area contributed by atoms with E-state index in [0.29, 0.717) is 23.0 Å². The molecule has 24 heavy (non-hydrogen) atoms. The molecule has 0 bridgehead atoms. The van der Waals surface area contributed by atoms with Gasteiger partial charge in [-0.3, -0.25) is 9.59 Å². The maximum absolute atomic E-state index is 12.4. The maximum Gasteiger partial charge on any atom is 0.229 e.